The Labute approximate surface area is 121 Å². The van der Waals surface area contributed by atoms with E-state index in [-0.39, 0.29) is 6.04 Å². The molecule has 1 aromatic carbocycles. The highest BCUT2D eigenvalue weighted by Crippen LogP contribution is 2.27. The molecule has 1 aromatic rings. The molecule has 0 radical (unpaired) electrons. The number of nitrogens with one attached hydrogen (secondary N) is 1. The number of hydrogen-bond acceptors (Lipinski definition) is 4. The number of sulfonamides is 1. The van der Waals surface area contributed by atoms with Crippen molar-refractivity contribution in [3.05, 3.63) is 24.3 Å². The van der Waals surface area contributed by atoms with E-state index in [1.54, 1.807) is 28.6 Å². The molecule has 1 fully saturated rings. The number of nitrogens with zero attached hydrogens (tertiary/aromatic N) is 2. The zero-order chi connectivity index (χ0) is 14.9. The number of rotatable bonds is 4. The van der Waals surface area contributed by atoms with Gasteiger partial charge in [0.05, 0.1) is 4.90 Å². The molecule has 1 aliphatic rings. The molecule has 0 amide bonds. The molecule has 2 unspecified atom stereocenters. The highest BCUT2D eigenvalue weighted by Gasteiger charge is 2.37. The van der Waals surface area contributed by atoms with E-state index in [4.69, 9.17) is 0 Å². The van der Waals surface area contributed by atoms with Crippen LogP contribution < -0.4 is 5.32 Å². The summed E-state index contributed by atoms with van der Waals surface area (Å²) in [6, 6.07) is 7.18. The van der Waals surface area contributed by atoms with Gasteiger partial charge in [0.15, 0.2) is 0 Å². The van der Waals surface area contributed by atoms with Gasteiger partial charge in [-0.1, -0.05) is 6.92 Å². The molecule has 0 aromatic heterocycles. The maximum atomic E-state index is 12.6. The molecule has 1 aliphatic heterocycles. The Bertz CT molecular complexity index is 554. The molecular weight excluding hydrogens is 274 g/mol. The van der Waals surface area contributed by atoms with Gasteiger partial charge in [-0.2, -0.15) is 4.31 Å². The van der Waals surface area contributed by atoms with Crippen LogP contribution in [0.15, 0.2) is 29.2 Å². The minimum absolute atomic E-state index is 0.279. The number of hydrogen-bond donors (Lipinski definition) is 1. The highest BCUT2D eigenvalue weighted by atomic mass is 32.2. The van der Waals surface area contributed by atoms with E-state index in [1.165, 1.54) is 0 Å². The second-order valence-electron chi connectivity index (χ2n) is 5.60. The molecular formula is C14H23N3O2S. The van der Waals surface area contributed by atoms with Crippen molar-refractivity contribution >= 4 is 15.7 Å². The quantitative estimate of drug-likeness (QED) is 0.910. The third-order valence-corrected chi connectivity index (χ3v) is 5.83. The van der Waals surface area contributed by atoms with E-state index in [2.05, 4.69) is 17.1 Å². The van der Waals surface area contributed by atoms with E-state index in [0.29, 0.717) is 23.9 Å². The normalized spacial score (nSPS) is 24.2. The van der Waals surface area contributed by atoms with Gasteiger partial charge in [-0.15, -0.1) is 0 Å². The minimum Gasteiger partial charge on any atom is -0.388 e. The standard InChI is InChI=1S/C14H23N3O2S/c1-11-9-17(10-14(11)16(3)4)20(18,19)13-7-5-12(15-2)6-8-13/h5-8,11,14-15H,9-10H2,1-4H3. The summed E-state index contributed by atoms with van der Waals surface area (Å²) in [7, 11) is 2.43. The predicted octanol–water partition coefficient (Wildman–Crippen LogP) is 1.30. The van der Waals surface area contributed by atoms with Crippen molar-refractivity contribution < 1.29 is 8.42 Å². The Kier molecular flexibility index (Phi) is 4.36. The molecule has 2 rings (SSSR count). The Morgan fingerprint density at radius 1 is 1.20 bits per heavy atom. The van der Waals surface area contributed by atoms with Crippen LogP contribution in [0.4, 0.5) is 5.69 Å². The Balaban J connectivity index is 2.22. The molecule has 112 valence electrons. The summed E-state index contributed by atoms with van der Waals surface area (Å²) in [6.45, 7) is 3.24. The van der Waals surface area contributed by atoms with Crippen molar-refractivity contribution in [2.24, 2.45) is 5.92 Å². The first-order valence-corrected chi connectivity index (χ1v) is 8.24. The summed E-state index contributed by atoms with van der Waals surface area (Å²) in [5.41, 5.74) is 0.907. The van der Waals surface area contributed by atoms with Gasteiger partial charge in [0.2, 0.25) is 10.0 Å². The van der Waals surface area contributed by atoms with Gasteiger partial charge >= 0.3 is 0 Å². The van der Waals surface area contributed by atoms with Crippen molar-refractivity contribution in [1.82, 2.24) is 9.21 Å². The largest absolute Gasteiger partial charge is 0.388 e. The van der Waals surface area contributed by atoms with Crippen LogP contribution >= 0.6 is 0 Å². The van der Waals surface area contributed by atoms with Gasteiger partial charge in [0.1, 0.15) is 0 Å². The van der Waals surface area contributed by atoms with Crippen molar-refractivity contribution in [1.29, 1.82) is 0 Å². The summed E-state index contributed by atoms with van der Waals surface area (Å²) >= 11 is 0. The van der Waals surface area contributed by atoms with E-state index >= 15 is 0 Å². The maximum absolute atomic E-state index is 12.6. The summed E-state index contributed by atoms with van der Waals surface area (Å²) in [5, 5.41) is 2.99. The fourth-order valence-corrected chi connectivity index (χ4v) is 4.28. The van der Waals surface area contributed by atoms with Gasteiger partial charge in [-0.3, -0.25) is 0 Å². The summed E-state index contributed by atoms with van der Waals surface area (Å²) in [5.74, 6) is 0.344. The zero-order valence-electron chi connectivity index (χ0n) is 12.5. The van der Waals surface area contributed by atoms with Gasteiger partial charge in [0.25, 0.3) is 0 Å². The maximum Gasteiger partial charge on any atom is 0.243 e. The number of anilines is 1. The lowest BCUT2D eigenvalue weighted by Crippen LogP contribution is -2.35. The van der Waals surface area contributed by atoms with Gasteiger partial charge in [-0.25, -0.2) is 8.42 Å². The van der Waals surface area contributed by atoms with Crippen LogP contribution in [0.2, 0.25) is 0 Å². The monoisotopic (exact) mass is 297 g/mol. The molecule has 1 heterocycles. The van der Waals surface area contributed by atoms with Crippen LogP contribution in [-0.4, -0.2) is 57.9 Å². The average Bonchev–Trinajstić information content (AvgIpc) is 2.82. The van der Waals surface area contributed by atoms with Crippen LogP contribution in [-0.2, 0) is 10.0 Å². The summed E-state index contributed by atoms with van der Waals surface area (Å²) in [6.07, 6.45) is 0. The minimum atomic E-state index is -3.38. The lowest BCUT2D eigenvalue weighted by atomic mass is 10.1. The van der Waals surface area contributed by atoms with Crippen LogP contribution in [0.3, 0.4) is 0 Å². The third kappa shape index (κ3) is 2.82. The first-order valence-electron chi connectivity index (χ1n) is 6.80. The lowest BCUT2D eigenvalue weighted by Gasteiger charge is -2.22. The summed E-state index contributed by atoms with van der Waals surface area (Å²) in [4.78, 5) is 2.47. The lowest BCUT2D eigenvalue weighted by molar-refractivity contribution is 0.263. The molecule has 1 N–H and O–H groups in total. The SMILES string of the molecule is CNc1ccc(S(=O)(=O)N2CC(C)C(N(C)C)C2)cc1. The second kappa shape index (κ2) is 5.71. The number of likely N-dealkylation sites (N-methyl/N-ethyl adjacent to an activating group) is 1. The van der Waals surface area contributed by atoms with E-state index < -0.39 is 10.0 Å². The Morgan fingerprint density at radius 2 is 1.80 bits per heavy atom. The topological polar surface area (TPSA) is 52.7 Å². The predicted molar refractivity (Wildman–Crippen MR) is 81.4 cm³/mol. The molecule has 5 nitrogen and oxygen atoms in total. The average molecular weight is 297 g/mol. The fraction of sp³-hybridized carbons (Fsp3) is 0.571. The van der Waals surface area contributed by atoms with Crippen LogP contribution in [0, 0.1) is 5.92 Å². The highest BCUT2D eigenvalue weighted by molar-refractivity contribution is 7.89. The first kappa shape index (κ1) is 15.3. The molecule has 20 heavy (non-hydrogen) atoms. The Morgan fingerprint density at radius 3 is 2.25 bits per heavy atom. The molecule has 6 heteroatoms. The van der Waals surface area contributed by atoms with E-state index in [0.717, 1.165) is 5.69 Å². The van der Waals surface area contributed by atoms with Gasteiger partial charge in [0, 0.05) is 31.9 Å². The van der Waals surface area contributed by atoms with E-state index in [1.807, 2.05) is 21.1 Å². The van der Waals surface area contributed by atoms with Crippen LogP contribution in [0.5, 0.6) is 0 Å². The van der Waals surface area contributed by atoms with Crippen molar-refractivity contribution in [2.45, 2.75) is 17.9 Å². The zero-order valence-corrected chi connectivity index (χ0v) is 13.3. The van der Waals surface area contributed by atoms with Crippen LogP contribution in [0.1, 0.15) is 6.92 Å². The molecule has 0 bridgehead atoms. The molecule has 2 atom stereocenters. The van der Waals surface area contributed by atoms with Gasteiger partial charge in [-0.05, 0) is 44.3 Å². The third-order valence-electron chi connectivity index (χ3n) is 3.98. The van der Waals surface area contributed by atoms with Crippen LogP contribution in [0.25, 0.3) is 0 Å². The Hall–Kier alpha value is -1.11. The van der Waals surface area contributed by atoms with Gasteiger partial charge < -0.3 is 10.2 Å². The second-order valence-corrected chi connectivity index (χ2v) is 7.54. The molecule has 0 aliphatic carbocycles. The van der Waals surface area contributed by atoms with Crippen molar-refractivity contribution in [3.8, 4) is 0 Å². The molecule has 1 saturated heterocycles. The molecule has 0 spiro atoms. The fourth-order valence-electron chi connectivity index (χ4n) is 2.72. The number of benzene rings is 1. The summed E-state index contributed by atoms with van der Waals surface area (Å²) < 4.78 is 26.9. The van der Waals surface area contributed by atoms with Crippen molar-refractivity contribution in [3.63, 3.8) is 0 Å². The molecule has 0 saturated carbocycles. The van der Waals surface area contributed by atoms with Crippen molar-refractivity contribution in [2.75, 3.05) is 39.5 Å². The van der Waals surface area contributed by atoms with E-state index in [9.17, 15) is 8.42 Å². The first-order chi connectivity index (χ1) is 9.36. The smallest absolute Gasteiger partial charge is 0.243 e.